The van der Waals surface area contributed by atoms with E-state index in [1.54, 1.807) is 25.7 Å². The smallest absolute Gasteiger partial charge is 0.362 e. The monoisotopic (exact) mass is 572 g/mol. The van der Waals surface area contributed by atoms with Crippen LogP contribution in [-0.4, -0.2) is 91.3 Å². The van der Waals surface area contributed by atoms with Crippen molar-refractivity contribution in [3.8, 4) is 0 Å². The maximum absolute atomic E-state index is 12.9. The molecule has 1 aromatic heterocycles. The number of nitrogens with zero attached hydrogens (tertiary/aromatic N) is 3. The number of nitrogens with one attached hydrogen (secondary N) is 2. The molecule has 2 amide bonds. The second-order valence-corrected chi connectivity index (χ2v) is 12.1. The van der Waals surface area contributed by atoms with Crippen LogP contribution in [0.3, 0.4) is 0 Å². The maximum atomic E-state index is 12.9. The molecular formula is C16H24N6O11S3. The molecule has 202 valence electrons. The number of hydrogen-bond acceptors (Lipinski definition) is 14. The Labute approximate surface area is 209 Å². The topological polar surface area (TPSA) is 246 Å². The fourth-order valence-electron chi connectivity index (χ4n) is 2.68. The van der Waals surface area contributed by atoms with Gasteiger partial charge in [0.05, 0.1) is 12.9 Å². The summed E-state index contributed by atoms with van der Waals surface area (Å²) in [5.41, 5.74) is 4.15. The average molecular weight is 573 g/mol. The zero-order valence-electron chi connectivity index (χ0n) is 19.3. The molecule has 0 saturated carbocycles. The van der Waals surface area contributed by atoms with Crippen LogP contribution in [0.4, 0.5) is 5.13 Å². The summed E-state index contributed by atoms with van der Waals surface area (Å²) in [4.78, 5) is 52.1. The van der Waals surface area contributed by atoms with Crippen LogP contribution in [0.5, 0.6) is 0 Å². The number of β-lactam (4-membered cyclic amide) rings is 1. The van der Waals surface area contributed by atoms with Crippen molar-refractivity contribution in [2.24, 2.45) is 5.16 Å². The highest BCUT2D eigenvalue weighted by atomic mass is 32.2. The third-order valence-electron chi connectivity index (χ3n) is 3.91. The number of carbonyl (C=O) groups excluding carboxylic acids is 3. The van der Waals surface area contributed by atoms with Gasteiger partial charge in [0, 0.05) is 5.38 Å². The zero-order valence-corrected chi connectivity index (χ0v) is 21.8. The van der Waals surface area contributed by atoms with E-state index in [2.05, 4.69) is 20.3 Å². The Morgan fingerprint density at radius 3 is 2.44 bits per heavy atom. The van der Waals surface area contributed by atoms with E-state index in [0.29, 0.717) is 0 Å². The predicted octanol–water partition coefficient (Wildman–Crippen LogP) is -2.23. The number of amides is 2. The van der Waals surface area contributed by atoms with Crippen molar-refractivity contribution in [1.82, 2.24) is 19.5 Å². The zero-order chi connectivity index (χ0) is 27.5. The highest BCUT2D eigenvalue weighted by Crippen LogP contribution is 2.24. The van der Waals surface area contributed by atoms with Crippen molar-refractivity contribution < 1.29 is 50.2 Å². The lowest BCUT2D eigenvalue weighted by atomic mass is 9.99. The van der Waals surface area contributed by atoms with E-state index in [0.717, 1.165) is 17.6 Å². The summed E-state index contributed by atoms with van der Waals surface area (Å²) in [6.45, 7) is 3.43. The molecule has 2 unspecified atom stereocenters. The van der Waals surface area contributed by atoms with Gasteiger partial charge in [0.15, 0.2) is 10.8 Å². The van der Waals surface area contributed by atoms with E-state index in [-0.39, 0.29) is 15.1 Å². The van der Waals surface area contributed by atoms with Gasteiger partial charge in [0.2, 0.25) is 16.6 Å². The maximum Gasteiger partial charge on any atom is 0.362 e. The molecule has 1 aliphatic rings. The van der Waals surface area contributed by atoms with Crippen molar-refractivity contribution >= 4 is 60.3 Å². The van der Waals surface area contributed by atoms with Crippen LogP contribution in [-0.2, 0) is 49.1 Å². The molecule has 1 fully saturated rings. The lowest BCUT2D eigenvalue weighted by molar-refractivity contribution is -0.160. The molecule has 0 aromatic carbocycles. The van der Waals surface area contributed by atoms with E-state index in [1.165, 1.54) is 5.38 Å². The summed E-state index contributed by atoms with van der Waals surface area (Å²) in [5.74, 6) is -3.14. The number of thiazole rings is 1. The Bertz CT molecular complexity index is 1250. The lowest BCUT2D eigenvalue weighted by Gasteiger charge is -2.43. The van der Waals surface area contributed by atoms with E-state index < -0.39 is 74.7 Å². The van der Waals surface area contributed by atoms with Gasteiger partial charge in [0.1, 0.15) is 23.4 Å². The third-order valence-corrected chi connectivity index (χ3v) is 5.95. The number of aromatic nitrogens is 1. The molecule has 2 atom stereocenters. The second kappa shape index (κ2) is 11.0. The van der Waals surface area contributed by atoms with Crippen LogP contribution in [0.2, 0.25) is 0 Å². The van der Waals surface area contributed by atoms with E-state index >= 15 is 0 Å². The predicted molar refractivity (Wildman–Crippen MR) is 123 cm³/mol. The Morgan fingerprint density at radius 1 is 1.31 bits per heavy atom. The fraction of sp³-hybridized carbons (Fsp3) is 0.562. The number of esters is 1. The van der Waals surface area contributed by atoms with Crippen molar-refractivity contribution in [2.75, 3.05) is 25.2 Å². The van der Waals surface area contributed by atoms with Crippen molar-refractivity contribution in [1.29, 1.82) is 0 Å². The Morgan fingerprint density at radius 2 is 1.94 bits per heavy atom. The van der Waals surface area contributed by atoms with Crippen LogP contribution in [0.15, 0.2) is 10.5 Å². The van der Waals surface area contributed by atoms with Crippen LogP contribution >= 0.6 is 11.3 Å². The van der Waals surface area contributed by atoms with Gasteiger partial charge in [-0.05, 0) is 20.8 Å². The number of carbonyl (C=O) groups is 3. The normalized spacial score (nSPS) is 19.0. The van der Waals surface area contributed by atoms with Crippen molar-refractivity contribution in [3.05, 3.63) is 11.1 Å². The van der Waals surface area contributed by atoms with E-state index in [4.69, 9.17) is 15.3 Å². The first kappa shape index (κ1) is 29.3. The molecule has 1 saturated heterocycles. The van der Waals surface area contributed by atoms with Gasteiger partial charge in [-0.2, -0.15) is 8.42 Å². The molecule has 1 aliphatic heterocycles. The number of nitrogens with two attached hydrogens (primary N) is 1. The lowest BCUT2D eigenvalue weighted by Crippen LogP contribution is -2.73. The SMILES string of the molecule is CC(C)(C)OC(=O)CON=C(C(=O)NC1C(=O)N(S(=O)(=O)O)C1CONS(C)(=O)=O)c1csc(N)n1. The highest BCUT2D eigenvalue weighted by Gasteiger charge is 2.54. The van der Waals surface area contributed by atoms with E-state index in [1.807, 2.05) is 0 Å². The number of sulfonamides is 1. The largest absolute Gasteiger partial charge is 0.457 e. The van der Waals surface area contributed by atoms with Gasteiger partial charge in [-0.3, -0.25) is 19.0 Å². The molecule has 0 bridgehead atoms. The van der Waals surface area contributed by atoms with Gasteiger partial charge in [0.25, 0.3) is 11.8 Å². The quantitative estimate of drug-likeness (QED) is 0.0721. The molecule has 5 N–H and O–H groups in total. The molecule has 2 heterocycles. The van der Waals surface area contributed by atoms with Crippen molar-refractivity contribution in [3.63, 3.8) is 0 Å². The Kier molecular flexibility index (Phi) is 8.96. The number of anilines is 1. The van der Waals surface area contributed by atoms with Gasteiger partial charge in [-0.25, -0.2) is 22.5 Å². The molecule has 0 spiro atoms. The highest BCUT2D eigenvalue weighted by molar-refractivity contribution is 7.88. The minimum atomic E-state index is -5.07. The summed E-state index contributed by atoms with van der Waals surface area (Å²) in [6, 6.07) is -3.12. The fourth-order valence-corrected chi connectivity index (χ4v) is 4.38. The number of oxime groups is 1. The number of rotatable bonds is 11. The minimum Gasteiger partial charge on any atom is -0.457 e. The Hall–Kier alpha value is -2.91. The van der Waals surface area contributed by atoms with Crippen molar-refractivity contribution in [2.45, 2.75) is 38.5 Å². The average Bonchev–Trinajstić information content (AvgIpc) is 3.11. The Balaban J connectivity index is 2.21. The number of ether oxygens (including phenoxy) is 1. The number of hydrogen-bond donors (Lipinski definition) is 4. The van der Waals surface area contributed by atoms with Crippen LogP contribution in [0, 0.1) is 0 Å². The van der Waals surface area contributed by atoms with Crippen LogP contribution in [0.25, 0.3) is 0 Å². The summed E-state index contributed by atoms with van der Waals surface area (Å²) in [6.07, 6.45) is 0.748. The first-order chi connectivity index (χ1) is 16.4. The third kappa shape index (κ3) is 8.34. The molecule has 0 radical (unpaired) electrons. The summed E-state index contributed by atoms with van der Waals surface area (Å²) < 4.78 is 59.7. The minimum absolute atomic E-state index is 0.00143. The first-order valence-electron chi connectivity index (χ1n) is 9.72. The first-order valence-corrected chi connectivity index (χ1v) is 13.9. The molecule has 17 nitrogen and oxygen atoms in total. The summed E-state index contributed by atoms with van der Waals surface area (Å²) in [5, 5.41) is 7.14. The van der Waals surface area contributed by atoms with Crippen LogP contribution < -0.4 is 15.9 Å². The van der Waals surface area contributed by atoms with Gasteiger partial charge in [-0.15, -0.1) is 11.3 Å². The van der Waals surface area contributed by atoms with E-state index in [9.17, 15) is 35.8 Å². The molecule has 2 rings (SSSR count). The van der Waals surface area contributed by atoms with Gasteiger partial charge in [-0.1, -0.05) is 10.0 Å². The summed E-state index contributed by atoms with van der Waals surface area (Å²) >= 11 is 0.941. The molecule has 36 heavy (non-hydrogen) atoms. The van der Waals surface area contributed by atoms with Gasteiger partial charge >= 0.3 is 16.3 Å². The summed E-state index contributed by atoms with van der Waals surface area (Å²) in [7, 11) is -8.92. The van der Waals surface area contributed by atoms with Gasteiger partial charge < -0.3 is 20.6 Å². The standard InChI is InChI=1S/C16H24N6O11S3/c1-16(2,3)33-10(23)6-31-20-11(8-7-34-15(17)18-8)13(24)19-12-9(5-32-21-35(4,26)27)22(14(12)25)36(28,29)30/h7,9,12,21H,5-6H2,1-4H3,(H2,17,18)(H,19,24)(H,28,29,30). The number of nitrogen functional groups attached to an aromatic ring is 1. The molecule has 20 heteroatoms. The molecule has 0 aliphatic carbocycles. The molecule has 1 aromatic rings. The molecular weight excluding hydrogens is 548 g/mol. The second-order valence-electron chi connectivity index (χ2n) is 8.17. The van der Waals surface area contributed by atoms with Crippen LogP contribution in [0.1, 0.15) is 26.5 Å².